The fourth-order valence-corrected chi connectivity index (χ4v) is 2.79. The van der Waals surface area contributed by atoms with Gasteiger partial charge in [-0.1, -0.05) is 15.9 Å². The first-order valence-electron chi connectivity index (χ1n) is 5.08. The number of aromatic nitrogens is 1. The quantitative estimate of drug-likeness (QED) is 0.767. The molecular formula is C10H10BrN3O2. The van der Waals surface area contributed by atoms with Crippen molar-refractivity contribution < 1.29 is 4.79 Å². The lowest BCUT2D eigenvalue weighted by molar-refractivity contribution is -0.117. The number of anilines is 2. The van der Waals surface area contributed by atoms with E-state index in [0.29, 0.717) is 24.2 Å². The zero-order chi connectivity index (χ0) is 11.3. The van der Waals surface area contributed by atoms with Crippen molar-refractivity contribution in [2.45, 2.75) is 6.04 Å². The molecule has 5 nitrogen and oxygen atoms in total. The molecule has 6 heteroatoms. The fourth-order valence-electron chi connectivity index (χ4n) is 2.29. The lowest BCUT2D eigenvalue weighted by atomic mass is 10.3. The van der Waals surface area contributed by atoms with Gasteiger partial charge in [-0.25, -0.2) is 0 Å². The number of hydrogen-bond acceptors (Lipinski definition) is 3. The molecule has 2 aliphatic rings. The first kappa shape index (κ1) is 9.89. The first-order chi connectivity index (χ1) is 7.72. The Morgan fingerprint density at radius 1 is 1.44 bits per heavy atom. The van der Waals surface area contributed by atoms with Crippen molar-refractivity contribution in [3.05, 3.63) is 22.5 Å². The second-order valence-electron chi connectivity index (χ2n) is 3.94. The van der Waals surface area contributed by atoms with Crippen molar-refractivity contribution in [3.63, 3.8) is 0 Å². The van der Waals surface area contributed by atoms with E-state index in [0.717, 1.165) is 5.69 Å². The predicted molar refractivity (Wildman–Crippen MR) is 64.4 cm³/mol. The zero-order valence-corrected chi connectivity index (χ0v) is 10.0. The van der Waals surface area contributed by atoms with Gasteiger partial charge in [-0.2, -0.15) is 0 Å². The van der Waals surface area contributed by atoms with Gasteiger partial charge in [0, 0.05) is 17.9 Å². The molecule has 1 aromatic heterocycles. The molecule has 0 bridgehead atoms. The minimum Gasteiger partial charge on any atom is -0.373 e. The van der Waals surface area contributed by atoms with Crippen LogP contribution >= 0.6 is 15.9 Å². The van der Waals surface area contributed by atoms with Gasteiger partial charge >= 0.3 is 0 Å². The summed E-state index contributed by atoms with van der Waals surface area (Å²) >= 11 is 3.38. The molecule has 0 saturated carbocycles. The van der Waals surface area contributed by atoms with Gasteiger partial charge in [0.05, 0.1) is 18.3 Å². The maximum absolute atomic E-state index is 11.8. The Bertz CT molecular complexity index is 525. The minimum absolute atomic E-state index is 0.0234. The van der Waals surface area contributed by atoms with Crippen LogP contribution in [0.25, 0.3) is 0 Å². The highest BCUT2D eigenvalue weighted by Crippen LogP contribution is 2.36. The Balaban J connectivity index is 2.27. The molecule has 1 N–H and O–H groups in total. The van der Waals surface area contributed by atoms with Crippen molar-refractivity contribution in [1.29, 1.82) is 0 Å². The summed E-state index contributed by atoms with van der Waals surface area (Å²) < 4.78 is 1.69. The van der Waals surface area contributed by atoms with Gasteiger partial charge in [0.1, 0.15) is 5.82 Å². The fraction of sp³-hybridized carbons (Fsp3) is 0.400. The van der Waals surface area contributed by atoms with E-state index < -0.39 is 0 Å². The molecule has 0 aliphatic carbocycles. The van der Waals surface area contributed by atoms with Crippen molar-refractivity contribution in [1.82, 2.24) is 4.57 Å². The van der Waals surface area contributed by atoms with Crippen LogP contribution in [0.4, 0.5) is 11.5 Å². The van der Waals surface area contributed by atoms with Gasteiger partial charge in [-0.05, 0) is 6.07 Å². The molecule has 0 saturated heterocycles. The summed E-state index contributed by atoms with van der Waals surface area (Å²) in [7, 11) is 0. The molecule has 0 spiro atoms. The molecule has 1 unspecified atom stereocenters. The molecule has 2 aliphatic heterocycles. The average Bonchev–Trinajstić information content (AvgIpc) is 2.68. The Morgan fingerprint density at radius 3 is 3.00 bits per heavy atom. The molecular weight excluding hydrogens is 274 g/mol. The molecule has 3 heterocycles. The SMILES string of the molecule is O=C1CNc2ccc(=O)n3c2N1CC3CBr. The molecule has 3 rings (SSSR count). The summed E-state index contributed by atoms with van der Waals surface area (Å²) in [6.45, 7) is 0.887. The Hall–Kier alpha value is -1.30. The van der Waals surface area contributed by atoms with E-state index >= 15 is 0 Å². The van der Waals surface area contributed by atoms with Gasteiger partial charge < -0.3 is 5.32 Å². The summed E-state index contributed by atoms with van der Waals surface area (Å²) in [5.41, 5.74) is 0.810. The Kier molecular flexibility index (Phi) is 2.07. The van der Waals surface area contributed by atoms with Crippen LogP contribution in [-0.4, -0.2) is 28.9 Å². The monoisotopic (exact) mass is 283 g/mol. The highest BCUT2D eigenvalue weighted by atomic mass is 79.9. The number of alkyl halides is 1. The van der Waals surface area contributed by atoms with E-state index in [2.05, 4.69) is 21.2 Å². The summed E-state index contributed by atoms with van der Waals surface area (Å²) in [6, 6.07) is 3.32. The van der Waals surface area contributed by atoms with Gasteiger partial charge in [-0.15, -0.1) is 0 Å². The smallest absolute Gasteiger partial charge is 0.252 e. The Morgan fingerprint density at radius 2 is 2.25 bits per heavy atom. The van der Waals surface area contributed by atoms with E-state index in [1.54, 1.807) is 21.6 Å². The van der Waals surface area contributed by atoms with Gasteiger partial charge in [0.15, 0.2) is 0 Å². The number of hydrogen-bond donors (Lipinski definition) is 1. The number of rotatable bonds is 1. The molecule has 1 amide bonds. The van der Waals surface area contributed by atoms with E-state index in [4.69, 9.17) is 0 Å². The topological polar surface area (TPSA) is 54.3 Å². The number of carbonyl (C=O) groups excluding carboxylic acids is 1. The number of nitrogens with one attached hydrogen (secondary N) is 1. The lowest BCUT2D eigenvalue weighted by Gasteiger charge is -2.25. The van der Waals surface area contributed by atoms with Crippen LogP contribution in [0.15, 0.2) is 16.9 Å². The molecule has 1 atom stereocenters. The number of nitrogens with zero attached hydrogens (tertiary/aromatic N) is 2. The number of carbonyl (C=O) groups is 1. The molecule has 0 radical (unpaired) electrons. The van der Waals surface area contributed by atoms with Crippen LogP contribution in [0.5, 0.6) is 0 Å². The first-order valence-corrected chi connectivity index (χ1v) is 6.20. The highest BCUT2D eigenvalue weighted by molar-refractivity contribution is 9.09. The van der Waals surface area contributed by atoms with E-state index in [9.17, 15) is 9.59 Å². The minimum atomic E-state index is -0.0535. The van der Waals surface area contributed by atoms with Crippen LogP contribution in [0.1, 0.15) is 6.04 Å². The molecule has 1 aromatic rings. The van der Waals surface area contributed by atoms with Crippen LogP contribution in [0.2, 0.25) is 0 Å². The molecule has 0 aromatic carbocycles. The number of pyridine rings is 1. The maximum Gasteiger partial charge on any atom is 0.252 e. The molecule has 84 valence electrons. The zero-order valence-electron chi connectivity index (χ0n) is 8.44. The van der Waals surface area contributed by atoms with E-state index in [-0.39, 0.29) is 17.5 Å². The normalized spacial score (nSPS) is 21.9. The van der Waals surface area contributed by atoms with Gasteiger partial charge in [0.2, 0.25) is 5.91 Å². The van der Waals surface area contributed by atoms with Gasteiger partial charge in [-0.3, -0.25) is 19.1 Å². The maximum atomic E-state index is 11.8. The summed E-state index contributed by atoms with van der Waals surface area (Å²) in [5, 5.41) is 3.70. The van der Waals surface area contributed by atoms with Crippen LogP contribution in [-0.2, 0) is 4.79 Å². The standard InChI is InChI=1S/C10H10BrN3O2/c11-3-6-5-13-9(16)4-12-7-1-2-8(15)14(6)10(7)13/h1-2,6,12H,3-5H2. The predicted octanol–water partition coefficient (Wildman–Crippen LogP) is 0.556. The highest BCUT2D eigenvalue weighted by Gasteiger charge is 2.36. The second kappa shape index (κ2) is 3.35. The van der Waals surface area contributed by atoms with Crippen LogP contribution in [0, 0.1) is 0 Å². The molecule has 0 fully saturated rings. The van der Waals surface area contributed by atoms with E-state index in [1.807, 2.05) is 0 Å². The summed E-state index contributed by atoms with van der Waals surface area (Å²) in [4.78, 5) is 25.2. The van der Waals surface area contributed by atoms with Crippen LogP contribution in [0.3, 0.4) is 0 Å². The second-order valence-corrected chi connectivity index (χ2v) is 4.59. The summed E-state index contributed by atoms with van der Waals surface area (Å²) in [6.07, 6.45) is 0. The van der Waals surface area contributed by atoms with E-state index in [1.165, 1.54) is 0 Å². The lowest BCUT2D eigenvalue weighted by Crippen LogP contribution is -2.39. The third-order valence-electron chi connectivity index (χ3n) is 3.02. The largest absolute Gasteiger partial charge is 0.373 e. The third-order valence-corrected chi connectivity index (χ3v) is 3.77. The summed E-state index contributed by atoms with van der Waals surface area (Å²) in [5.74, 6) is 0.739. The van der Waals surface area contributed by atoms with Crippen LogP contribution < -0.4 is 15.8 Å². The molecule has 16 heavy (non-hydrogen) atoms. The number of halogens is 1. The van der Waals surface area contributed by atoms with Crippen molar-refractivity contribution in [3.8, 4) is 0 Å². The van der Waals surface area contributed by atoms with Crippen molar-refractivity contribution >= 4 is 33.3 Å². The number of amides is 1. The third kappa shape index (κ3) is 1.16. The van der Waals surface area contributed by atoms with Crippen molar-refractivity contribution in [2.24, 2.45) is 0 Å². The van der Waals surface area contributed by atoms with Crippen molar-refractivity contribution in [2.75, 3.05) is 28.6 Å². The Labute approximate surface area is 100 Å². The van der Waals surface area contributed by atoms with Gasteiger partial charge in [0.25, 0.3) is 5.56 Å². The average molecular weight is 284 g/mol.